The number of rotatable bonds is 4. The molecule has 0 amide bonds. The Morgan fingerprint density at radius 1 is 0.750 bits per heavy atom. The van der Waals surface area contributed by atoms with E-state index in [2.05, 4.69) is 73.3 Å². The maximum Gasteiger partial charge on any atom is -0.00685 e. The largest absolute Gasteiger partial charge is 0.201 e. The van der Waals surface area contributed by atoms with E-state index < -0.39 is 20.1 Å². The topological polar surface area (TPSA) is 0 Å². The van der Waals surface area contributed by atoms with E-state index >= 15 is 0 Å². The molecule has 0 aliphatic heterocycles. The summed E-state index contributed by atoms with van der Waals surface area (Å²) < 4.78 is 0. The quantitative estimate of drug-likeness (QED) is 0.722. The lowest BCUT2D eigenvalue weighted by atomic mass is 10.4. The molecule has 1 aromatic rings. The van der Waals surface area contributed by atoms with E-state index in [0.29, 0.717) is 0 Å². The summed E-state index contributed by atoms with van der Waals surface area (Å²) in [6, 6.07) is 8.96. The molecule has 16 heavy (non-hydrogen) atoms. The highest BCUT2D eigenvalue weighted by molar-refractivity contribution is 8.35. The Morgan fingerprint density at radius 2 is 1.00 bits per heavy atom. The fraction of sp³-hybridized carbons (Fsp3) is 0.286. The van der Waals surface area contributed by atoms with Gasteiger partial charge in [0, 0.05) is 0 Å². The first-order chi connectivity index (χ1) is 7.33. The Bertz CT molecular complexity index is 347. The van der Waals surface area contributed by atoms with E-state index in [9.17, 15) is 0 Å². The second kappa shape index (κ2) is 4.72. The zero-order valence-electron chi connectivity index (χ0n) is 10.7. The van der Waals surface area contributed by atoms with Gasteiger partial charge in [0.05, 0.1) is 0 Å². The summed E-state index contributed by atoms with van der Waals surface area (Å²) >= 11 is 0. The molecule has 0 saturated carbocycles. The molecule has 0 nitrogen and oxygen atoms in total. The summed E-state index contributed by atoms with van der Waals surface area (Å²) in [6.07, 6.45) is 9.06. The van der Waals surface area contributed by atoms with Crippen molar-refractivity contribution >= 4 is 20.1 Å². The first kappa shape index (κ1) is 13.5. The van der Waals surface area contributed by atoms with E-state index in [1.165, 1.54) is 9.79 Å². The smallest absolute Gasteiger partial charge is 0.00685 e. The molecule has 90 valence electrons. The summed E-state index contributed by atoms with van der Waals surface area (Å²) in [5.41, 5.74) is 0. The summed E-state index contributed by atoms with van der Waals surface area (Å²) in [6.45, 7) is 7.84. The van der Waals surface area contributed by atoms with Crippen molar-refractivity contribution in [1.29, 1.82) is 0 Å². The number of hydrogen-bond acceptors (Lipinski definition) is 0. The van der Waals surface area contributed by atoms with Crippen molar-refractivity contribution < 1.29 is 0 Å². The molecule has 0 N–H and O–H groups in total. The third kappa shape index (κ3) is 2.74. The minimum Gasteiger partial charge on any atom is -0.201 e. The molecular weight excluding hydrogens is 232 g/mol. The Labute approximate surface area is 103 Å². The Morgan fingerprint density at radius 3 is 1.19 bits per heavy atom. The van der Waals surface area contributed by atoms with Gasteiger partial charge < -0.3 is 0 Å². The minimum atomic E-state index is -0.820. The SMILES string of the molecule is C=CS(C)(C)c1ccc(S(C)(C)C=C)cc1. The number of benzene rings is 1. The molecule has 0 spiro atoms. The van der Waals surface area contributed by atoms with Gasteiger partial charge in [-0.3, -0.25) is 0 Å². The van der Waals surface area contributed by atoms with E-state index in [0.717, 1.165) is 0 Å². The monoisotopic (exact) mass is 254 g/mol. The zero-order valence-corrected chi connectivity index (χ0v) is 12.3. The molecule has 0 aliphatic carbocycles. The van der Waals surface area contributed by atoms with E-state index in [1.807, 2.05) is 0 Å². The van der Waals surface area contributed by atoms with Gasteiger partial charge in [0.2, 0.25) is 0 Å². The van der Waals surface area contributed by atoms with Crippen molar-refractivity contribution in [1.82, 2.24) is 0 Å². The molecule has 1 aromatic carbocycles. The average Bonchev–Trinajstić information content (AvgIpc) is 2.29. The summed E-state index contributed by atoms with van der Waals surface area (Å²) in [5, 5.41) is 4.15. The van der Waals surface area contributed by atoms with Crippen LogP contribution in [-0.2, 0) is 0 Å². The van der Waals surface area contributed by atoms with Crippen molar-refractivity contribution in [3.63, 3.8) is 0 Å². The van der Waals surface area contributed by atoms with Crippen LogP contribution >= 0.6 is 20.1 Å². The van der Waals surface area contributed by atoms with Gasteiger partial charge in [-0.1, -0.05) is 24.0 Å². The van der Waals surface area contributed by atoms with Crippen molar-refractivity contribution in [2.24, 2.45) is 0 Å². The fourth-order valence-corrected chi connectivity index (χ4v) is 3.39. The maximum atomic E-state index is 3.92. The van der Waals surface area contributed by atoms with Crippen LogP contribution in [0.2, 0.25) is 0 Å². The second-order valence-electron chi connectivity index (χ2n) is 4.62. The van der Waals surface area contributed by atoms with Gasteiger partial charge in [-0.2, -0.15) is 0 Å². The van der Waals surface area contributed by atoms with E-state index in [1.54, 1.807) is 0 Å². The van der Waals surface area contributed by atoms with Crippen molar-refractivity contribution in [3.8, 4) is 0 Å². The molecular formula is C14H22S2. The van der Waals surface area contributed by atoms with Gasteiger partial charge in [0.15, 0.2) is 0 Å². The van der Waals surface area contributed by atoms with Gasteiger partial charge in [0.25, 0.3) is 0 Å². The predicted octanol–water partition coefficient (Wildman–Crippen LogP) is 4.82. The Kier molecular flexibility index (Phi) is 3.97. The third-order valence-electron chi connectivity index (χ3n) is 2.87. The molecule has 0 fully saturated rings. The molecule has 0 aromatic heterocycles. The van der Waals surface area contributed by atoms with Crippen LogP contribution in [-0.4, -0.2) is 25.0 Å². The lowest BCUT2D eigenvalue weighted by Gasteiger charge is -2.30. The van der Waals surface area contributed by atoms with Crippen molar-refractivity contribution in [3.05, 3.63) is 48.2 Å². The van der Waals surface area contributed by atoms with Crippen LogP contribution in [0.4, 0.5) is 0 Å². The maximum absolute atomic E-state index is 3.92. The lowest BCUT2D eigenvalue weighted by molar-refractivity contribution is 1.33. The standard InChI is InChI=1S/C14H22S2/c1-7-15(3,4)13-9-11-14(12-10-13)16(5,6)8-2/h7-12H,1-2H2,3-6H3. The van der Waals surface area contributed by atoms with E-state index in [-0.39, 0.29) is 0 Å². The molecule has 0 bridgehead atoms. The van der Waals surface area contributed by atoms with Gasteiger partial charge in [-0.25, -0.2) is 20.1 Å². The van der Waals surface area contributed by atoms with Crippen LogP contribution in [0.3, 0.4) is 0 Å². The molecule has 2 heteroatoms. The van der Waals surface area contributed by atoms with Gasteiger partial charge >= 0.3 is 0 Å². The van der Waals surface area contributed by atoms with Crippen LogP contribution in [0, 0.1) is 0 Å². The highest BCUT2D eigenvalue weighted by Crippen LogP contribution is 2.53. The van der Waals surface area contributed by atoms with Crippen LogP contribution in [0.1, 0.15) is 0 Å². The molecule has 0 saturated heterocycles. The van der Waals surface area contributed by atoms with Crippen LogP contribution in [0.5, 0.6) is 0 Å². The van der Waals surface area contributed by atoms with Crippen molar-refractivity contribution in [2.75, 3.05) is 25.0 Å². The van der Waals surface area contributed by atoms with Gasteiger partial charge in [-0.15, -0.1) is 0 Å². The summed E-state index contributed by atoms with van der Waals surface area (Å²) in [7, 11) is -1.64. The predicted molar refractivity (Wildman–Crippen MR) is 82.2 cm³/mol. The first-order valence-corrected chi connectivity index (χ1v) is 10.2. The zero-order chi connectivity index (χ0) is 12.4. The van der Waals surface area contributed by atoms with Crippen LogP contribution in [0.15, 0.2) is 58.0 Å². The van der Waals surface area contributed by atoms with Crippen LogP contribution < -0.4 is 0 Å². The molecule has 0 unspecified atom stereocenters. The Balaban J connectivity index is 3.09. The third-order valence-corrected chi connectivity index (χ3v) is 7.51. The fourth-order valence-electron chi connectivity index (χ4n) is 1.33. The highest BCUT2D eigenvalue weighted by atomic mass is 32.3. The first-order valence-electron chi connectivity index (χ1n) is 5.15. The lowest BCUT2D eigenvalue weighted by Crippen LogP contribution is -1.94. The van der Waals surface area contributed by atoms with Gasteiger partial charge in [-0.05, 0) is 59.1 Å². The van der Waals surface area contributed by atoms with Gasteiger partial charge in [0.1, 0.15) is 0 Å². The normalized spacial score (nSPS) is 14.2. The van der Waals surface area contributed by atoms with Crippen LogP contribution in [0.25, 0.3) is 0 Å². The average molecular weight is 254 g/mol. The second-order valence-corrected chi connectivity index (χ2v) is 11.8. The molecule has 1 rings (SSSR count). The summed E-state index contributed by atoms with van der Waals surface area (Å²) in [5.74, 6) is 0. The molecule has 0 radical (unpaired) electrons. The summed E-state index contributed by atoms with van der Waals surface area (Å²) in [4.78, 5) is 2.79. The number of hydrogen-bond donors (Lipinski definition) is 0. The molecule has 0 heterocycles. The van der Waals surface area contributed by atoms with E-state index in [4.69, 9.17) is 0 Å². The van der Waals surface area contributed by atoms with Crippen molar-refractivity contribution in [2.45, 2.75) is 9.79 Å². The Hall–Kier alpha value is -0.600. The molecule has 0 atom stereocenters. The highest BCUT2D eigenvalue weighted by Gasteiger charge is 2.13. The minimum absolute atomic E-state index is 0.820. The molecule has 0 aliphatic rings.